The molecule has 2 atom stereocenters. The minimum absolute atomic E-state index is 0.123. The molecule has 0 spiro atoms. The Bertz CT molecular complexity index is 1780. The third-order valence-corrected chi connectivity index (χ3v) is 9.50. The summed E-state index contributed by atoms with van der Waals surface area (Å²) < 4.78 is 23.8. The van der Waals surface area contributed by atoms with E-state index in [9.17, 15) is 18.8 Å². The van der Waals surface area contributed by atoms with Gasteiger partial charge in [0.05, 0.1) is 31.1 Å². The molecule has 51 heavy (non-hydrogen) atoms. The number of carboxylic acids is 2. The molecule has 2 heterocycles. The van der Waals surface area contributed by atoms with E-state index >= 15 is 0 Å². The number of rotatable bonds is 17. The molecule has 15 heteroatoms. The molecule has 0 bridgehead atoms. The van der Waals surface area contributed by atoms with Crippen molar-refractivity contribution in [1.82, 2.24) is 24.2 Å². The zero-order chi connectivity index (χ0) is 36.9. The standard InChI is InChI=1S/C32H38FN5O2S.C4H6O6/c1-3-36(4-2)17-18-38-27(21-29(35-38)25-9-6-5-7-10-25)22-40-20-19-37-30-12-8-11-28(30)31(39)34-32(37)41-23-24-13-15-26(33)16-14-24;5-1(3(7)8)2(6)4(9)10/h5-7,9-10,13-16,21H,3-4,8,11-12,17-20,22-23H2,1-2H3;1-2,5-6H,(H,7,8)(H,9,10)/t;1-,2-/m.1/s1. The number of nitrogens with zero attached hydrogens (tertiary/aromatic N) is 5. The van der Waals surface area contributed by atoms with Gasteiger partial charge in [-0.3, -0.25) is 9.48 Å². The highest BCUT2D eigenvalue weighted by atomic mass is 32.2. The summed E-state index contributed by atoms with van der Waals surface area (Å²) in [5.41, 5.74) is 5.86. The van der Waals surface area contributed by atoms with E-state index in [1.165, 1.54) is 23.9 Å². The number of aliphatic carboxylic acids is 2. The largest absolute Gasteiger partial charge is 0.479 e. The van der Waals surface area contributed by atoms with Crippen molar-refractivity contribution >= 4 is 23.7 Å². The Morgan fingerprint density at radius 2 is 1.65 bits per heavy atom. The predicted octanol–water partition coefficient (Wildman–Crippen LogP) is 3.46. The summed E-state index contributed by atoms with van der Waals surface area (Å²) in [5.74, 6) is -3.18. The van der Waals surface area contributed by atoms with Crippen LogP contribution in [0.15, 0.2) is 70.6 Å². The van der Waals surface area contributed by atoms with Crippen molar-refractivity contribution in [1.29, 1.82) is 0 Å². The van der Waals surface area contributed by atoms with Gasteiger partial charge in [0, 0.05) is 35.7 Å². The summed E-state index contributed by atoms with van der Waals surface area (Å²) in [6.07, 6.45) is -1.92. The average Bonchev–Trinajstić information content (AvgIpc) is 3.79. The summed E-state index contributed by atoms with van der Waals surface area (Å²) in [6, 6.07) is 18.8. The van der Waals surface area contributed by atoms with Crippen molar-refractivity contribution in [3.8, 4) is 11.3 Å². The van der Waals surface area contributed by atoms with Gasteiger partial charge in [-0.1, -0.05) is 68.1 Å². The van der Waals surface area contributed by atoms with Gasteiger partial charge in [-0.15, -0.1) is 0 Å². The number of halogens is 1. The van der Waals surface area contributed by atoms with Gasteiger partial charge in [-0.2, -0.15) is 10.1 Å². The second-order valence-electron chi connectivity index (χ2n) is 11.8. The first-order chi connectivity index (χ1) is 24.5. The van der Waals surface area contributed by atoms with Gasteiger partial charge in [0.2, 0.25) is 0 Å². The zero-order valence-corrected chi connectivity index (χ0v) is 29.5. The molecule has 0 amide bonds. The number of aromatic nitrogens is 4. The maximum Gasteiger partial charge on any atom is 0.335 e. The van der Waals surface area contributed by atoms with Crippen molar-refractivity contribution in [3.63, 3.8) is 0 Å². The molecule has 0 radical (unpaired) electrons. The average molecular weight is 726 g/mol. The van der Waals surface area contributed by atoms with E-state index in [2.05, 4.69) is 51.2 Å². The van der Waals surface area contributed by atoms with Crippen LogP contribution in [0.4, 0.5) is 4.39 Å². The number of thioether (sulfide) groups is 1. The van der Waals surface area contributed by atoms with E-state index in [1.807, 2.05) is 18.2 Å². The lowest BCUT2D eigenvalue weighted by atomic mass is 10.1. The van der Waals surface area contributed by atoms with Crippen LogP contribution in [-0.2, 0) is 52.6 Å². The summed E-state index contributed by atoms with van der Waals surface area (Å²) in [6.45, 7) is 9.66. The SMILES string of the molecule is CCN(CC)CCn1nc(-c2ccccc2)cc1COCCn1c(SCc2ccc(F)cc2)nc(=O)c2c1CCC2.O=C(O)[C@H](O)[C@@H](O)C(=O)O. The molecule has 4 aromatic rings. The molecular weight excluding hydrogens is 681 g/mol. The molecule has 2 aromatic carbocycles. The third kappa shape index (κ3) is 11.0. The minimum Gasteiger partial charge on any atom is -0.479 e. The lowest BCUT2D eigenvalue weighted by molar-refractivity contribution is -0.165. The maximum atomic E-state index is 13.4. The van der Waals surface area contributed by atoms with E-state index in [0.29, 0.717) is 30.7 Å². The molecule has 1 aliphatic rings. The van der Waals surface area contributed by atoms with Gasteiger partial charge < -0.3 is 34.6 Å². The number of hydrogen-bond acceptors (Lipinski definition) is 10. The number of carboxylic acid groups (broad SMARTS) is 2. The maximum absolute atomic E-state index is 13.4. The third-order valence-electron chi connectivity index (χ3n) is 8.45. The van der Waals surface area contributed by atoms with E-state index in [1.54, 1.807) is 12.1 Å². The second-order valence-corrected chi connectivity index (χ2v) is 12.7. The predicted molar refractivity (Wildman–Crippen MR) is 189 cm³/mol. The van der Waals surface area contributed by atoms with E-state index < -0.39 is 24.1 Å². The summed E-state index contributed by atoms with van der Waals surface area (Å²) in [4.78, 5) is 39.1. The number of aliphatic hydroxyl groups excluding tert-OH is 2. The number of benzene rings is 2. The molecule has 0 aliphatic heterocycles. The Kier molecular flexibility index (Phi) is 14.9. The molecule has 274 valence electrons. The van der Waals surface area contributed by atoms with Crippen molar-refractivity contribution in [2.24, 2.45) is 0 Å². The quantitative estimate of drug-likeness (QED) is 0.0709. The lowest BCUT2D eigenvalue weighted by Crippen LogP contribution is -2.39. The van der Waals surface area contributed by atoms with Crippen LogP contribution in [0.5, 0.6) is 0 Å². The zero-order valence-electron chi connectivity index (χ0n) is 28.7. The molecule has 0 saturated carbocycles. The molecular formula is C36H44FN5O8S. The van der Waals surface area contributed by atoms with E-state index in [0.717, 1.165) is 79.2 Å². The number of aliphatic hydroxyl groups is 2. The first kappa shape index (κ1) is 39.4. The summed E-state index contributed by atoms with van der Waals surface area (Å²) in [5, 5.41) is 38.1. The molecule has 13 nitrogen and oxygen atoms in total. The van der Waals surface area contributed by atoms with Gasteiger partial charge in [0.1, 0.15) is 5.82 Å². The number of fused-ring (bicyclic) bond motifs is 1. The first-order valence-corrected chi connectivity index (χ1v) is 17.7. The van der Waals surface area contributed by atoms with Gasteiger partial charge in [0.15, 0.2) is 17.4 Å². The van der Waals surface area contributed by atoms with Gasteiger partial charge >= 0.3 is 11.9 Å². The van der Waals surface area contributed by atoms with E-state index in [4.69, 9.17) is 30.3 Å². The normalized spacial score (nSPS) is 13.4. The van der Waals surface area contributed by atoms with Crippen LogP contribution in [-0.4, -0.2) is 95.0 Å². The van der Waals surface area contributed by atoms with Gasteiger partial charge in [-0.25, -0.2) is 14.0 Å². The van der Waals surface area contributed by atoms with Crippen molar-refractivity contribution in [2.45, 2.75) is 75.9 Å². The van der Waals surface area contributed by atoms with Crippen LogP contribution in [0.2, 0.25) is 0 Å². The molecule has 0 unspecified atom stereocenters. The highest BCUT2D eigenvalue weighted by molar-refractivity contribution is 7.98. The highest BCUT2D eigenvalue weighted by Gasteiger charge is 2.29. The molecule has 4 N–H and O–H groups in total. The topological polar surface area (TPSA) is 180 Å². The Balaban J connectivity index is 0.000000510. The number of likely N-dealkylation sites (N-methyl/N-ethyl adjacent to an activating group) is 1. The molecule has 5 rings (SSSR count). The Hall–Kier alpha value is -4.41. The smallest absolute Gasteiger partial charge is 0.335 e. The Morgan fingerprint density at radius 3 is 2.27 bits per heavy atom. The van der Waals surface area contributed by atoms with Crippen LogP contribution in [0, 0.1) is 5.82 Å². The van der Waals surface area contributed by atoms with Crippen LogP contribution in [0.1, 0.15) is 42.8 Å². The monoisotopic (exact) mass is 725 g/mol. The second kappa shape index (κ2) is 19.3. The fraction of sp³-hybridized carbons (Fsp3) is 0.417. The summed E-state index contributed by atoms with van der Waals surface area (Å²) >= 11 is 1.51. The lowest BCUT2D eigenvalue weighted by Gasteiger charge is -2.19. The minimum atomic E-state index is -2.27. The molecule has 0 fully saturated rings. The molecule has 0 saturated heterocycles. The van der Waals surface area contributed by atoms with Crippen LogP contribution in [0.25, 0.3) is 11.3 Å². The molecule has 1 aliphatic carbocycles. The van der Waals surface area contributed by atoms with Crippen molar-refractivity contribution < 1.29 is 39.1 Å². The van der Waals surface area contributed by atoms with Crippen molar-refractivity contribution in [2.75, 3.05) is 26.2 Å². The first-order valence-electron chi connectivity index (χ1n) is 16.8. The number of hydrogen-bond donors (Lipinski definition) is 4. The highest BCUT2D eigenvalue weighted by Crippen LogP contribution is 2.26. The van der Waals surface area contributed by atoms with Crippen LogP contribution >= 0.6 is 11.8 Å². The number of ether oxygens (including phenoxy) is 1. The fourth-order valence-electron chi connectivity index (χ4n) is 5.55. The van der Waals surface area contributed by atoms with Crippen LogP contribution in [0.3, 0.4) is 0 Å². The Morgan fingerprint density at radius 1 is 0.980 bits per heavy atom. The van der Waals surface area contributed by atoms with E-state index in [-0.39, 0.29) is 11.4 Å². The Labute approximate surface area is 299 Å². The van der Waals surface area contributed by atoms with Crippen LogP contribution < -0.4 is 5.56 Å². The van der Waals surface area contributed by atoms with Gasteiger partial charge in [0.25, 0.3) is 5.56 Å². The summed E-state index contributed by atoms with van der Waals surface area (Å²) in [7, 11) is 0. The number of carbonyl (C=O) groups is 2. The van der Waals surface area contributed by atoms with Gasteiger partial charge in [-0.05, 0) is 56.1 Å². The van der Waals surface area contributed by atoms with Crippen molar-refractivity contribution in [3.05, 3.63) is 99.3 Å². The molecule has 2 aromatic heterocycles. The fourth-order valence-corrected chi connectivity index (χ4v) is 6.54.